The Morgan fingerprint density at radius 1 is 1.08 bits per heavy atom. The molecule has 0 saturated carbocycles. The monoisotopic (exact) mass is 354 g/mol. The molecule has 0 bridgehead atoms. The molecule has 0 aliphatic heterocycles. The lowest BCUT2D eigenvalue weighted by Gasteiger charge is -2.04. The summed E-state index contributed by atoms with van der Waals surface area (Å²) >= 11 is 0. The Bertz CT molecular complexity index is 880. The summed E-state index contributed by atoms with van der Waals surface area (Å²) in [6.45, 7) is 0.00632. The van der Waals surface area contributed by atoms with Gasteiger partial charge in [-0.25, -0.2) is 4.39 Å². The van der Waals surface area contributed by atoms with Crippen LogP contribution >= 0.6 is 0 Å². The lowest BCUT2D eigenvalue weighted by atomic mass is 10.1. The number of carbonyl (C=O) groups is 1. The number of benzene rings is 2. The minimum atomic E-state index is -0.512. The second kappa shape index (κ2) is 8.35. The van der Waals surface area contributed by atoms with E-state index in [4.69, 9.17) is 0 Å². The molecule has 0 fully saturated rings. The van der Waals surface area contributed by atoms with Crippen LogP contribution in [0.5, 0.6) is 0 Å². The van der Waals surface area contributed by atoms with Crippen LogP contribution < -0.4 is 5.32 Å². The largest absolute Gasteiger partial charge is 0.390 e. The molecule has 2 aromatic carbocycles. The maximum Gasteiger partial charge on any atom is 0.273 e. The molecule has 0 radical (unpaired) electrons. The highest BCUT2D eigenvalue weighted by Gasteiger charge is 2.19. The van der Waals surface area contributed by atoms with Gasteiger partial charge in [-0.15, -0.1) is 15.0 Å². The van der Waals surface area contributed by atoms with E-state index in [1.807, 2.05) is 30.3 Å². The molecule has 1 heterocycles. The van der Waals surface area contributed by atoms with Crippen molar-refractivity contribution >= 4 is 5.91 Å². The van der Waals surface area contributed by atoms with Crippen molar-refractivity contribution in [2.45, 2.75) is 19.4 Å². The molecule has 7 heteroatoms. The van der Waals surface area contributed by atoms with E-state index in [0.717, 1.165) is 17.6 Å². The van der Waals surface area contributed by atoms with E-state index < -0.39 is 18.3 Å². The summed E-state index contributed by atoms with van der Waals surface area (Å²) in [7, 11) is 0. The Balaban J connectivity index is 1.64. The maximum atomic E-state index is 13.9. The van der Waals surface area contributed by atoms with Crippen LogP contribution in [0.25, 0.3) is 5.69 Å². The molecule has 6 nitrogen and oxygen atoms in total. The summed E-state index contributed by atoms with van der Waals surface area (Å²) < 4.78 is 13.9. The lowest BCUT2D eigenvalue weighted by Crippen LogP contribution is -2.26. The van der Waals surface area contributed by atoms with Crippen LogP contribution in [0.2, 0.25) is 0 Å². The SMILES string of the molecule is O=C(NCCCc1ccccc1)c1nn(-c2ccccc2F)nc1CO. The van der Waals surface area contributed by atoms with Gasteiger partial charge in [0.1, 0.15) is 11.4 Å². The number of halogens is 1. The van der Waals surface area contributed by atoms with E-state index in [-0.39, 0.29) is 17.1 Å². The molecule has 3 rings (SSSR count). The predicted octanol–water partition coefficient (Wildman–Crippen LogP) is 2.26. The van der Waals surface area contributed by atoms with Crippen LogP contribution in [0.4, 0.5) is 4.39 Å². The van der Waals surface area contributed by atoms with Gasteiger partial charge in [0, 0.05) is 6.54 Å². The highest BCUT2D eigenvalue weighted by atomic mass is 19.1. The average Bonchev–Trinajstić information content (AvgIpc) is 3.10. The van der Waals surface area contributed by atoms with E-state index in [9.17, 15) is 14.3 Å². The third kappa shape index (κ3) is 4.12. The number of aliphatic hydroxyl groups excluding tert-OH is 1. The first kappa shape index (κ1) is 17.8. The van der Waals surface area contributed by atoms with Gasteiger partial charge in [0.2, 0.25) is 0 Å². The molecule has 0 atom stereocenters. The summed E-state index contributed by atoms with van der Waals surface area (Å²) in [4.78, 5) is 13.4. The fraction of sp³-hybridized carbons (Fsp3) is 0.211. The Morgan fingerprint density at radius 2 is 1.81 bits per heavy atom. The van der Waals surface area contributed by atoms with Gasteiger partial charge in [0.15, 0.2) is 11.5 Å². The van der Waals surface area contributed by atoms with Gasteiger partial charge in [0.05, 0.1) is 6.61 Å². The Labute approximate surface area is 150 Å². The number of nitrogens with one attached hydrogen (secondary N) is 1. The van der Waals surface area contributed by atoms with E-state index in [0.29, 0.717) is 6.54 Å². The van der Waals surface area contributed by atoms with Gasteiger partial charge < -0.3 is 10.4 Å². The number of nitrogens with zero attached hydrogens (tertiary/aromatic N) is 3. The van der Waals surface area contributed by atoms with Crippen molar-refractivity contribution in [2.24, 2.45) is 0 Å². The zero-order valence-electron chi connectivity index (χ0n) is 14.1. The highest BCUT2D eigenvalue weighted by Crippen LogP contribution is 2.13. The summed E-state index contributed by atoms with van der Waals surface area (Å²) in [5, 5.41) is 20.2. The number of aliphatic hydroxyl groups is 1. The minimum absolute atomic E-state index is 0.00420. The van der Waals surface area contributed by atoms with Crippen molar-refractivity contribution < 1.29 is 14.3 Å². The first-order chi connectivity index (χ1) is 12.7. The fourth-order valence-electron chi connectivity index (χ4n) is 2.56. The predicted molar refractivity (Wildman–Crippen MR) is 94.3 cm³/mol. The number of aryl methyl sites for hydroxylation is 1. The topological polar surface area (TPSA) is 80.0 Å². The van der Waals surface area contributed by atoms with Crippen molar-refractivity contribution in [1.82, 2.24) is 20.3 Å². The molecular weight excluding hydrogens is 335 g/mol. The second-order valence-electron chi connectivity index (χ2n) is 5.74. The van der Waals surface area contributed by atoms with Gasteiger partial charge in [-0.1, -0.05) is 42.5 Å². The number of amides is 1. The quantitative estimate of drug-likeness (QED) is 0.638. The normalized spacial score (nSPS) is 10.7. The zero-order valence-corrected chi connectivity index (χ0v) is 14.1. The molecule has 2 N–H and O–H groups in total. The second-order valence-corrected chi connectivity index (χ2v) is 5.74. The summed E-state index contributed by atoms with van der Waals surface area (Å²) in [5.41, 5.74) is 1.41. The zero-order chi connectivity index (χ0) is 18.4. The molecule has 0 aliphatic carbocycles. The van der Waals surface area contributed by atoms with E-state index in [1.165, 1.54) is 17.7 Å². The average molecular weight is 354 g/mol. The smallest absolute Gasteiger partial charge is 0.273 e. The first-order valence-corrected chi connectivity index (χ1v) is 8.33. The van der Waals surface area contributed by atoms with E-state index >= 15 is 0 Å². The molecule has 1 aromatic heterocycles. The lowest BCUT2D eigenvalue weighted by molar-refractivity contribution is 0.0944. The van der Waals surface area contributed by atoms with Crippen LogP contribution in [-0.2, 0) is 13.0 Å². The molecule has 0 aliphatic rings. The van der Waals surface area contributed by atoms with Crippen molar-refractivity contribution in [3.8, 4) is 5.69 Å². The third-order valence-electron chi connectivity index (χ3n) is 3.89. The van der Waals surface area contributed by atoms with Crippen LogP contribution in [0, 0.1) is 5.82 Å². The number of aromatic nitrogens is 3. The maximum absolute atomic E-state index is 13.9. The standard InChI is InChI=1S/C19H19FN4O2/c20-15-10-4-5-11-17(15)24-22-16(13-25)18(23-24)19(26)21-12-6-9-14-7-2-1-3-8-14/h1-5,7-8,10-11,25H,6,9,12-13H2,(H,21,26). The van der Waals surface area contributed by atoms with Gasteiger partial charge in [-0.2, -0.15) is 0 Å². The van der Waals surface area contributed by atoms with Crippen molar-refractivity contribution in [1.29, 1.82) is 0 Å². The van der Waals surface area contributed by atoms with Crippen molar-refractivity contribution in [2.75, 3.05) is 6.54 Å². The fourth-order valence-corrected chi connectivity index (χ4v) is 2.56. The van der Waals surface area contributed by atoms with Crippen molar-refractivity contribution in [3.05, 3.63) is 77.4 Å². The van der Waals surface area contributed by atoms with Crippen molar-refractivity contribution in [3.63, 3.8) is 0 Å². The molecule has 134 valence electrons. The first-order valence-electron chi connectivity index (χ1n) is 8.33. The summed E-state index contributed by atoms with van der Waals surface area (Å²) in [6.07, 6.45) is 1.61. The number of hydrogen-bond donors (Lipinski definition) is 2. The van der Waals surface area contributed by atoms with Gasteiger partial charge in [0.25, 0.3) is 5.91 Å². The summed E-state index contributed by atoms with van der Waals surface area (Å²) in [5.74, 6) is -0.952. The Morgan fingerprint density at radius 3 is 2.54 bits per heavy atom. The Kier molecular flexibility index (Phi) is 5.70. The van der Waals surface area contributed by atoms with Gasteiger partial charge >= 0.3 is 0 Å². The summed E-state index contributed by atoms with van der Waals surface area (Å²) in [6, 6.07) is 15.9. The molecule has 1 amide bonds. The molecule has 3 aromatic rings. The van der Waals surface area contributed by atoms with E-state index in [2.05, 4.69) is 15.5 Å². The number of para-hydroxylation sites is 1. The molecule has 0 unspecified atom stereocenters. The molecule has 26 heavy (non-hydrogen) atoms. The Hall–Kier alpha value is -3.06. The number of hydrogen-bond acceptors (Lipinski definition) is 4. The van der Waals surface area contributed by atoms with Crippen LogP contribution in [0.1, 0.15) is 28.2 Å². The molecule has 0 spiro atoms. The van der Waals surface area contributed by atoms with Crippen LogP contribution in [-0.4, -0.2) is 32.6 Å². The van der Waals surface area contributed by atoms with Gasteiger partial charge in [-0.05, 0) is 30.5 Å². The van der Waals surface area contributed by atoms with Crippen LogP contribution in [0.15, 0.2) is 54.6 Å². The number of carbonyl (C=O) groups excluding carboxylic acids is 1. The minimum Gasteiger partial charge on any atom is -0.390 e. The number of rotatable bonds is 7. The van der Waals surface area contributed by atoms with Gasteiger partial charge in [-0.3, -0.25) is 4.79 Å². The highest BCUT2D eigenvalue weighted by molar-refractivity contribution is 5.93. The van der Waals surface area contributed by atoms with E-state index in [1.54, 1.807) is 12.1 Å². The molecular formula is C19H19FN4O2. The molecule has 0 saturated heterocycles. The third-order valence-corrected chi connectivity index (χ3v) is 3.89. The van der Waals surface area contributed by atoms with Crippen LogP contribution in [0.3, 0.4) is 0 Å².